The highest BCUT2D eigenvalue weighted by atomic mass is 16.3. The Kier molecular flexibility index (Phi) is 7.53. The van der Waals surface area contributed by atoms with Gasteiger partial charge in [-0.05, 0) is 50.5 Å². The van der Waals surface area contributed by atoms with Gasteiger partial charge in [-0.3, -0.25) is 19.3 Å². The maximum Gasteiger partial charge on any atom is 0.327 e. The molecule has 186 valence electrons. The molecule has 1 saturated carbocycles. The van der Waals surface area contributed by atoms with Gasteiger partial charge < -0.3 is 20.0 Å². The highest BCUT2D eigenvalue weighted by Gasteiger charge is 2.47. The van der Waals surface area contributed by atoms with Gasteiger partial charge in [-0.2, -0.15) is 0 Å². The van der Waals surface area contributed by atoms with Crippen molar-refractivity contribution in [3.8, 4) is 0 Å². The summed E-state index contributed by atoms with van der Waals surface area (Å²) < 4.78 is 5.20. The first-order chi connectivity index (χ1) is 16.8. The lowest BCUT2D eigenvalue weighted by Gasteiger charge is -2.46. The van der Waals surface area contributed by atoms with E-state index in [0.717, 1.165) is 28.9 Å². The summed E-state index contributed by atoms with van der Waals surface area (Å²) in [6.07, 6.45) is 4.69. The van der Waals surface area contributed by atoms with Gasteiger partial charge in [0.2, 0.25) is 17.7 Å². The lowest BCUT2D eigenvalue weighted by Crippen LogP contribution is -2.63. The van der Waals surface area contributed by atoms with Crippen LogP contribution >= 0.6 is 0 Å². The number of benzene rings is 1. The first-order valence-electron chi connectivity index (χ1n) is 12.1. The fourth-order valence-electron chi connectivity index (χ4n) is 4.95. The molecule has 1 aromatic carbocycles. The molecule has 1 saturated heterocycles. The van der Waals surface area contributed by atoms with E-state index < -0.39 is 6.03 Å². The summed E-state index contributed by atoms with van der Waals surface area (Å²) in [6, 6.07) is 8.44. The number of anilines is 1. The van der Waals surface area contributed by atoms with Crippen LogP contribution in [0.2, 0.25) is 0 Å². The first kappa shape index (κ1) is 24.5. The van der Waals surface area contributed by atoms with Crippen LogP contribution < -0.4 is 10.6 Å². The van der Waals surface area contributed by atoms with Crippen molar-refractivity contribution in [2.75, 3.05) is 18.4 Å². The van der Waals surface area contributed by atoms with E-state index in [1.165, 1.54) is 11.2 Å². The van der Waals surface area contributed by atoms with Crippen LogP contribution in [0.15, 0.2) is 41.0 Å². The fraction of sp³-hybridized carbons (Fsp3) is 0.462. The van der Waals surface area contributed by atoms with Crippen molar-refractivity contribution in [1.29, 1.82) is 0 Å². The second-order valence-electron chi connectivity index (χ2n) is 9.33. The Morgan fingerprint density at radius 1 is 1.09 bits per heavy atom. The van der Waals surface area contributed by atoms with E-state index in [-0.39, 0.29) is 55.7 Å². The number of hydrogen-bond acceptors (Lipinski definition) is 5. The predicted octanol–water partition coefficient (Wildman–Crippen LogP) is 3.36. The van der Waals surface area contributed by atoms with Gasteiger partial charge in [-0.15, -0.1) is 0 Å². The second kappa shape index (κ2) is 10.8. The molecule has 2 aromatic rings. The second-order valence-corrected chi connectivity index (χ2v) is 9.33. The minimum absolute atomic E-state index is 0.0157. The van der Waals surface area contributed by atoms with Gasteiger partial charge in [0.05, 0.1) is 18.7 Å². The molecule has 0 radical (unpaired) electrons. The Morgan fingerprint density at radius 2 is 1.89 bits per heavy atom. The molecule has 35 heavy (non-hydrogen) atoms. The number of hydrogen-bond donors (Lipinski definition) is 2. The molecule has 5 amide bonds. The molecule has 2 atom stereocenters. The average molecular weight is 481 g/mol. The average Bonchev–Trinajstić information content (AvgIpc) is 3.36. The van der Waals surface area contributed by atoms with E-state index in [4.69, 9.17) is 4.42 Å². The first-order valence-corrected chi connectivity index (χ1v) is 12.1. The SMILES string of the molecule is Cc1ccc(NC(=O)CN2C(=O)N(CCC(=O)NCc3ccco3)C(=O)C3CCCCC32)c(C)c1. The molecular formula is C26H32N4O5. The lowest BCUT2D eigenvalue weighted by molar-refractivity contribution is -0.142. The minimum atomic E-state index is -0.507. The zero-order valence-corrected chi connectivity index (χ0v) is 20.2. The lowest BCUT2D eigenvalue weighted by atomic mass is 9.81. The normalized spacial score (nSPS) is 19.9. The van der Waals surface area contributed by atoms with Gasteiger partial charge in [0.15, 0.2) is 0 Å². The van der Waals surface area contributed by atoms with E-state index in [1.54, 1.807) is 12.1 Å². The van der Waals surface area contributed by atoms with E-state index in [9.17, 15) is 19.2 Å². The number of nitrogens with one attached hydrogen (secondary N) is 2. The fourth-order valence-corrected chi connectivity index (χ4v) is 4.95. The smallest absolute Gasteiger partial charge is 0.327 e. The van der Waals surface area contributed by atoms with Crippen molar-refractivity contribution in [2.45, 2.75) is 58.5 Å². The monoisotopic (exact) mass is 480 g/mol. The molecule has 2 fully saturated rings. The van der Waals surface area contributed by atoms with Crippen LogP contribution in [0.25, 0.3) is 0 Å². The Morgan fingerprint density at radius 3 is 2.63 bits per heavy atom. The topological polar surface area (TPSA) is 112 Å². The molecule has 2 aliphatic rings. The molecule has 2 heterocycles. The molecule has 2 N–H and O–H groups in total. The number of fused-ring (bicyclic) bond motifs is 1. The molecule has 0 spiro atoms. The Balaban J connectivity index is 1.41. The molecule has 0 bridgehead atoms. The zero-order valence-electron chi connectivity index (χ0n) is 20.2. The number of carbonyl (C=O) groups is 4. The number of nitrogens with zero attached hydrogens (tertiary/aromatic N) is 2. The molecule has 9 heteroatoms. The van der Waals surface area contributed by atoms with Gasteiger partial charge in [0, 0.05) is 24.7 Å². The third-order valence-electron chi connectivity index (χ3n) is 6.76. The number of urea groups is 1. The summed E-state index contributed by atoms with van der Waals surface area (Å²) in [7, 11) is 0. The third-order valence-corrected chi connectivity index (χ3v) is 6.76. The molecule has 1 aromatic heterocycles. The van der Waals surface area contributed by atoms with Crippen LogP contribution in [0.3, 0.4) is 0 Å². The standard InChI is InChI=1S/C26H32N4O5/c1-17-9-10-21(18(2)14-17)28-24(32)16-30-22-8-4-3-7-20(22)25(33)29(26(30)34)12-11-23(31)27-15-19-6-5-13-35-19/h5-6,9-10,13-14,20,22H,3-4,7-8,11-12,15-16H2,1-2H3,(H,27,31)(H,28,32). The summed E-state index contributed by atoms with van der Waals surface area (Å²) >= 11 is 0. The summed E-state index contributed by atoms with van der Waals surface area (Å²) in [5.41, 5.74) is 2.74. The summed E-state index contributed by atoms with van der Waals surface area (Å²) in [5.74, 6) is -0.562. The molecule has 9 nitrogen and oxygen atoms in total. The van der Waals surface area contributed by atoms with Gasteiger partial charge in [-0.25, -0.2) is 4.79 Å². The number of imide groups is 1. The van der Waals surface area contributed by atoms with Crippen molar-refractivity contribution < 1.29 is 23.6 Å². The maximum atomic E-state index is 13.4. The minimum Gasteiger partial charge on any atom is -0.467 e. The van der Waals surface area contributed by atoms with E-state index >= 15 is 0 Å². The van der Waals surface area contributed by atoms with E-state index in [2.05, 4.69) is 10.6 Å². The van der Waals surface area contributed by atoms with Gasteiger partial charge in [0.1, 0.15) is 12.3 Å². The van der Waals surface area contributed by atoms with Crippen LogP contribution in [0.4, 0.5) is 10.5 Å². The molecule has 1 aliphatic heterocycles. The van der Waals surface area contributed by atoms with E-state index in [1.807, 2.05) is 32.0 Å². The van der Waals surface area contributed by atoms with Gasteiger partial charge in [0.25, 0.3) is 0 Å². The van der Waals surface area contributed by atoms with Crippen LogP contribution in [0.1, 0.15) is 49.0 Å². The molecule has 2 unspecified atom stereocenters. The summed E-state index contributed by atoms with van der Waals surface area (Å²) in [4.78, 5) is 54.4. The number of furan rings is 1. The molecule has 4 rings (SSSR count). The van der Waals surface area contributed by atoms with Crippen LogP contribution in [-0.4, -0.2) is 52.7 Å². The molecule has 1 aliphatic carbocycles. The molecular weight excluding hydrogens is 448 g/mol. The van der Waals surface area contributed by atoms with Gasteiger partial charge >= 0.3 is 6.03 Å². The van der Waals surface area contributed by atoms with Crippen molar-refractivity contribution in [2.24, 2.45) is 5.92 Å². The predicted molar refractivity (Wildman–Crippen MR) is 129 cm³/mol. The number of aryl methyl sites for hydroxylation is 2. The van der Waals surface area contributed by atoms with Crippen LogP contribution in [-0.2, 0) is 20.9 Å². The summed E-state index contributed by atoms with van der Waals surface area (Å²) in [6.45, 7) is 3.98. The third kappa shape index (κ3) is 5.72. The number of amides is 5. The largest absolute Gasteiger partial charge is 0.467 e. The van der Waals surface area contributed by atoms with Crippen molar-refractivity contribution in [3.05, 3.63) is 53.5 Å². The Bertz CT molecular complexity index is 1100. The number of rotatable bonds is 8. The highest BCUT2D eigenvalue weighted by Crippen LogP contribution is 2.34. The highest BCUT2D eigenvalue weighted by molar-refractivity contribution is 6.02. The number of carbonyl (C=O) groups excluding carboxylic acids is 4. The van der Waals surface area contributed by atoms with Crippen molar-refractivity contribution in [3.63, 3.8) is 0 Å². The maximum absolute atomic E-state index is 13.4. The van der Waals surface area contributed by atoms with Crippen molar-refractivity contribution >= 4 is 29.4 Å². The van der Waals surface area contributed by atoms with Crippen LogP contribution in [0.5, 0.6) is 0 Å². The quantitative estimate of drug-likeness (QED) is 0.602. The Hall–Kier alpha value is -3.62. The zero-order chi connectivity index (χ0) is 24.9. The van der Waals surface area contributed by atoms with Gasteiger partial charge in [-0.1, -0.05) is 30.5 Å². The summed E-state index contributed by atoms with van der Waals surface area (Å²) in [5, 5.41) is 5.63. The van der Waals surface area contributed by atoms with E-state index in [0.29, 0.717) is 24.3 Å². The van der Waals surface area contributed by atoms with Crippen LogP contribution in [0, 0.1) is 19.8 Å². The Labute approximate surface area is 204 Å². The van der Waals surface area contributed by atoms with Crippen molar-refractivity contribution in [1.82, 2.24) is 15.1 Å².